The molecule has 1 aliphatic carbocycles. The molecular formula is C15H20N2O2. The molecule has 1 aliphatic heterocycles. The van der Waals surface area contributed by atoms with Crippen molar-refractivity contribution in [1.29, 1.82) is 0 Å². The molecule has 3 rings (SSSR count). The number of aromatic nitrogens is 1. The van der Waals surface area contributed by atoms with Gasteiger partial charge in [0.1, 0.15) is 0 Å². The molecule has 4 nitrogen and oxygen atoms in total. The van der Waals surface area contributed by atoms with Crippen molar-refractivity contribution in [2.45, 2.75) is 38.5 Å². The first kappa shape index (κ1) is 12.5. The SMILES string of the molecule is O=C(c1cc[nH]c(=O)c1)N1CCC2(CCCCC2)C1. The maximum atomic E-state index is 12.4. The average molecular weight is 260 g/mol. The maximum Gasteiger partial charge on any atom is 0.254 e. The normalized spacial score (nSPS) is 21.8. The summed E-state index contributed by atoms with van der Waals surface area (Å²) < 4.78 is 0. The highest BCUT2D eigenvalue weighted by Crippen LogP contribution is 2.43. The molecule has 4 heteroatoms. The predicted octanol–water partition coefficient (Wildman–Crippen LogP) is 2.17. The van der Waals surface area contributed by atoms with Crippen molar-refractivity contribution >= 4 is 5.91 Å². The van der Waals surface area contributed by atoms with Crippen molar-refractivity contribution in [2.24, 2.45) is 5.41 Å². The molecule has 2 heterocycles. The van der Waals surface area contributed by atoms with Gasteiger partial charge in [0.25, 0.3) is 5.91 Å². The molecule has 0 radical (unpaired) electrons. The molecule has 1 saturated heterocycles. The number of hydrogen-bond acceptors (Lipinski definition) is 2. The third-order valence-electron chi connectivity index (χ3n) is 4.66. The van der Waals surface area contributed by atoms with E-state index in [0.29, 0.717) is 11.0 Å². The summed E-state index contributed by atoms with van der Waals surface area (Å²) in [5, 5.41) is 0. The Labute approximate surface area is 112 Å². The molecule has 0 atom stereocenters. The van der Waals surface area contributed by atoms with E-state index in [2.05, 4.69) is 4.98 Å². The molecule has 0 unspecified atom stereocenters. The van der Waals surface area contributed by atoms with Crippen LogP contribution in [0.5, 0.6) is 0 Å². The second-order valence-electron chi connectivity index (χ2n) is 5.98. The van der Waals surface area contributed by atoms with E-state index < -0.39 is 0 Å². The van der Waals surface area contributed by atoms with Crippen LogP contribution in [0.15, 0.2) is 23.1 Å². The van der Waals surface area contributed by atoms with Gasteiger partial charge in [0.15, 0.2) is 0 Å². The summed E-state index contributed by atoms with van der Waals surface area (Å²) >= 11 is 0. The number of carbonyl (C=O) groups is 1. The molecule has 19 heavy (non-hydrogen) atoms. The number of rotatable bonds is 1. The summed E-state index contributed by atoms with van der Waals surface area (Å²) in [5.41, 5.74) is 0.670. The fourth-order valence-electron chi connectivity index (χ4n) is 3.58. The van der Waals surface area contributed by atoms with Gasteiger partial charge in [0, 0.05) is 30.9 Å². The van der Waals surface area contributed by atoms with Gasteiger partial charge in [-0.2, -0.15) is 0 Å². The lowest BCUT2D eigenvalue weighted by atomic mass is 9.73. The second-order valence-corrected chi connectivity index (χ2v) is 5.98. The maximum absolute atomic E-state index is 12.4. The number of nitrogens with one attached hydrogen (secondary N) is 1. The minimum Gasteiger partial charge on any atom is -0.338 e. The first-order valence-electron chi connectivity index (χ1n) is 7.17. The summed E-state index contributed by atoms with van der Waals surface area (Å²) in [7, 11) is 0. The van der Waals surface area contributed by atoms with E-state index in [1.54, 1.807) is 12.3 Å². The molecule has 0 bridgehead atoms. The van der Waals surface area contributed by atoms with E-state index >= 15 is 0 Å². The summed E-state index contributed by atoms with van der Waals surface area (Å²) in [4.78, 5) is 28.2. The van der Waals surface area contributed by atoms with Crippen molar-refractivity contribution in [1.82, 2.24) is 9.88 Å². The quantitative estimate of drug-likeness (QED) is 0.841. The number of nitrogens with zero attached hydrogens (tertiary/aromatic N) is 1. The lowest BCUT2D eigenvalue weighted by Gasteiger charge is -2.33. The van der Waals surface area contributed by atoms with Crippen LogP contribution in [0, 0.1) is 5.41 Å². The van der Waals surface area contributed by atoms with Gasteiger partial charge in [-0.15, -0.1) is 0 Å². The highest BCUT2D eigenvalue weighted by atomic mass is 16.2. The Kier molecular flexibility index (Phi) is 3.17. The van der Waals surface area contributed by atoms with Crippen LogP contribution in [0.25, 0.3) is 0 Å². The lowest BCUT2D eigenvalue weighted by Crippen LogP contribution is -2.33. The molecule has 102 valence electrons. The highest BCUT2D eigenvalue weighted by molar-refractivity contribution is 5.94. The van der Waals surface area contributed by atoms with Gasteiger partial charge < -0.3 is 9.88 Å². The van der Waals surface area contributed by atoms with Gasteiger partial charge in [-0.25, -0.2) is 0 Å². The Balaban J connectivity index is 1.74. The number of hydrogen-bond donors (Lipinski definition) is 1. The molecule has 1 spiro atoms. The third-order valence-corrected chi connectivity index (χ3v) is 4.66. The zero-order valence-electron chi connectivity index (χ0n) is 11.2. The van der Waals surface area contributed by atoms with Crippen LogP contribution < -0.4 is 5.56 Å². The minimum atomic E-state index is -0.211. The van der Waals surface area contributed by atoms with Gasteiger partial charge in [0.05, 0.1) is 0 Å². The first-order chi connectivity index (χ1) is 9.19. The van der Waals surface area contributed by atoms with Crippen LogP contribution in [0.2, 0.25) is 0 Å². The van der Waals surface area contributed by atoms with Crippen molar-refractivity contribution in [3.63, 3.8) is 0 Å². The van der Waals surface area contributed by atoms with E-state index in [9.17, 15) is 9.59 Å². The summed E-state index contributed by atoms with van der Waals surface area (Å²) in [6.07, 6.45) is 9.12. The van der Waals surface area contributed by atoms with Gasteiger partial charge >= 0.3 is 0 Å². The van der Waals surface area contributed by atoms with Crippen LogP contribution in [0.4, 0.5) is 0 Å². The Hall–Kier alpha value is -1.58. The Bertz CT molecular complexity index is 529. The second kappa shape index (κ2) is 4.83. The topological polar surface area (TPSA) is 53.2 Å². The van der Waals surface area contributed by atoms with Crippen molar-refractivity contribution < 1.29 is 4.79 Å². The summed E-state index contributed by atoms with van der Waals surface area (Å²) in [6.45, 7) is 1.71. The smallest absolute Gasteiger partial charge is 0.254 e. The number of likely N-dealkylation sites (tertiary alicyclic amines) is 1. The first-order valence-corrected chi connectivity index (χ1v) is 7.17. The van der Waals surface area contributed by atoms with Crippen molar-refractivity contribution in [3.05, 3.63) is 34.2 Å². The molecule has 1 aromatic heterocycles. The van der Waals surface area contributed by atoms with Crippen LogP contribution in [0.3, 0.4) is 0 Å². The van der Waals surface area contributed by atoms with Gasteiger partial charge in [-0.05, 0) is 30.7 Å². The zero-order chi connectivity index (χ0) is 13.3. The van der Waals surface area contributed by atoms with Gasteiger partial charge in [0.2, 0.25) is 5.56 Å². The number of amides is 1. The van der Waals surface area contributed by atoms with Gasteiger partial charge in [-0.3, -0.25) is 9.59 Å². The fourth-order valence-corrected chi connectivity index (χ4v) is 3.58. The number of aromatic amines is 1. The molecule has 1 saturated carbocycles. The highest BCUT2D eigenvalue weighted by Gasteiger charge is 2.40. The molecule has 2 fully saturated rings. The lowest BCUT2D eigenvalue weighted by molar-refractivity contribution is 0.0758. The number of pyridine rings is 1. The largest absolute Gasteiger partial charge is 0.338 e. The standard InChI is InChI=1S/C15H20N2O2/c18-13-10-12(4-8-16-13)14(19)17-9-7-15(11-17)5-2-1-3-6-15/h4,8,10H,1-3,5-7,9,11H2,(H,16,18). The van der Waals surface area contributed by atoms with E-state index in [4.69, 9.17) is 0 Å². The van der Waals surface area contributed by atoms with Crippen molar-refractivity contribution in [2.75, 3.05) is 13.1 Å². The van der Waals surface area contributed by atoms with E-state index in [1.165, 1.54) is 38.2 Å². The number of carbonyl (C=O) groups excluding carboxylic acids is 1. The van der Waals surface area contributed by atoms with Crippen LogP contribution in [-0.4, -0.2) is 28.9 Å². The van der Waals surface area contributed by atoms with Crippen LogP contribution >= 0.6 is 0 Å². The minimum absolute atomic E-state index is 0.00792. The monoisotopic (exact) mass is 260 g/mol. The van der Waals surface area contributed by atoms with E-state index in [0.717, 1.165) is 19.5 Å². The average Bonchev–Trinajstić information content (AvgIpc) is 2.82. The predicted molar refractivity (Wildman–Crippen MR) is 73.1 cm³/mol. The molecule has 0 aromatic carbocycles. The van der Waals surface area contributed by atoms with Crippen molar-refractivity contribution in [3.8, 4) is 0 Å². The van der Waals surface area contributed by atoms with Gasteiger partial charge in [-0.1, -0.05) is 19.3 Å². The molecule has 1 amide bonds. The Morgan fingerprint density at radius 2 is 2.00 bits per heavy atom. The molecule has 1 aromatic rings. The van der Waals surface area contributed by atoms with Crippen LogP contribution in [0.1, 0.15) is 48.9 Å². The zero-order valence-corrected chi connectivity index (χ0v) is 11.2. The summed E-state index contributed by atoms with van der Waals surface area (Å²) in [6, 6.07) is 3.09. The van der Waals surface area contributed by atoms with E-state index in [-0.39, 0.29) is 11.5 Å². The molecule has 1 N–H and O–H groups in total. The van der Waals surface area contributed by atoms with E-state index in [1.807, 2.05) is 4.90 Å². The molecule has 2 aliphatic rings. The van der Waals surface area contributed by atoms with Crippen LogP contribution in [-0.2, 0) is 0 Å². The summed E-state index contributed by atoms with van der Waals surface area (Å²) in [5.74, 6) is 0.00792. The third kappa shape index (κ3) is 2.44. The fraction of sp³-hybridized carbons (Fsp3) is 0.600. The number of H-pyrrole nitrogens is 1. The molecular weight excluding hydrogens is 240 g/mol. The Morgan fingerprint density at radius 3 is 2.74 bits per heavy atom. The Morgan fingerprint density at radius 1 is 1.21 bits per heavy atom.